The summed E-state index contributed by atoms with van der Waals surface area (Å²) in [6, 6.07) is 11.6. The third kappa shape index (κ3) is 5.03. The molecule has 40 heavy (non-hydrogen) atoms. The highest BCUT2D eigenvalue weighted by atomic mass is 19.1. The number of alkyl halides is 1. The van der Waals surface area contributed by atoms with Crippen molar-refractivity contribution in [1.82, 2.24) is 4.98 Å². The van der Waals surface area contributed by atoms with Crippen LogP contribution in [0, 0.1) is 10.8 Å². The van der Waals surface area contributed by atoms with Crippen molar-refractivity contribution in [2.45, 2.75) is 51.9 Å². The Hall–Kier alpha value is -3.94. The third-order valence-electron chi connectivity index (χ3n) is 8.62. The highest BCUT2D eigenvalue weighted by Gasteiger charge is 2.57. The summed E-state index contributed by atoms with van der Waals surface area (Å²) in [5.74, 6) is 1.75. The van der Waals surface area contributed by atoms with Crippen molar-refractivity contribution in [3.8, 4) is 17.0 Å². The van der Waals surface area contributed by atoms with Gasteiger partial charge >= 0.3 is 0 Å². The number of fused-ring (bicyclic) bond motifs is 2. The van der Waals surface area contributed by atoms with Crippen molar-refractivity contribution >= 4 is 17.4 Å². The summed E-state index contributed by atoms with van der Waals surface area (Å²) in [7, 11) is 0. The van der Waals surface area contributed by atoms with E-state index in [0.717, 1.165) is 66.7 Å². The van der Waals surface area contributed by atoms with Gasteiger partial charge in [-0.15, -0.1) is 0 Å². The number of hydrogen-bond acceptors (Lipinski definition) is 5. The third-order valence-corrected chi connectivity index (χ3v) is 8.62. The molecule has 7 rings (SSSR count). The van der Waals surface area contributed by atoms with Crippen LogP contribution < -0.4 is 15.4 Å². The first-order chi connectivity index (χ1) is 19.4. The predicted octanol–water partition coefficient (Wildman–Crippen LogP) is 6.23. The number of pyridine rings is 1. The monoisotopic (exact) mass is 542 g/mol. The van der Waals surface area contributed by atoms with Gasteiger partial charge in [0.25, 0.3) is 5.91 Å². The molecule has 2 saturated carbocycles. The molecule has 5 aliphatic rings. The van der Waals surface area contributed by atoms with Gasteiger partial charge in [0.1, 0.15) is 5.76 Å². The van der Waals surface area contributed by atoms with Crippen LogP contribution in [-0.2, 0) is 9.63 Å². The number of nitrogens with two attached hydrogens (primary N) is 1. The zero-order chi connectivity index (χ0) is 27.9. The molecule has 0 atom stereocenters. The normalized spacial score (nSPS) is 19.4. The van der Waals surface area contributed by atoms with E-state index in [1.165, 1.54) is 5.57 Å². The van der Waals surface area contributed by atoms with Crippen LogP contribution in [0.1, 0.15) is 51.9 Å². The predicted molar refractivity (Wildman–Crippen MR) is 153 cm³/mol. The van der Waals surface area contributed by atoms with E-state index in [2.05, 4.69) is 22.8 Å². The first kappa shape index (κ1) is 26.3. The summed E-state index contributed by atoms with van der Waals surface area (Å²) in [4.78, 5) is 25.3. The van der Waals surface area contributed by atoms with Gasteiger partial charge in [0.2, 0.25) is 5.88 Å². The molecule has 2 fully saturated rings. The fourth-order valence-electron chi connectivity index (χ4n) is 5.99. The molecule has 2 bridgehead atoms. The minimum Gasteiger partial charge on any atom is -0.478 e. The maximum absolute atomic E-state index is 13.6. The summed E-state index contributed by atoms with van der Waals surface area (Å²) < 4.78 is 18.6. The second-order valence-corrected chi connectivity index (χ2v) is 11.5. The van der Waals surface area contributed by atoms with Crippen LogP contribution in [0.25, 0.3) is 11.1 Å². The SMILES string of the molecule is C=C(CCF)C(=O)N(CC12CCC(/C(N)=N/OC3=CC34CC4)=C(C1)C2)c1cccc(-c2ccc(OCC)nc2)c1. The molecule has 0 aliphatic heterocycles. The maximum Gasteiger partial charge on any atom is 0.253 e. The van der Waals surface area contributed by atoms with E-state index in [0.29, 0.717) is 24.9 Å². The van der Waals surface area contributed by atoms with Crippen molar-refractivity contribution < 1.29 is 18.8 Å². The lowest BCUT2D eigenvalue weighted by atomic mass is 9.57. The number of halogens is 1. The first-order valence-electron chi connectivity index (χ1n) is 14.1. The number of oxime groups is 1. The maximum atomic E-state index is 13.6. The quantitative estimate of drug-likeness (QED) is 0.149. The number of hydrogen-bond donors (Lipinski definition) is 1. The van der Waals surface area contributed by atoms with Gasteiger partial charge in [-0.25, -0.2) is 4.98 Å². The number of benzene rings is 1. The average Bonchev–Trinajstić information content (AvgIpc) is 3.88. The highest BCUT2D eigenvalue weighted by Crippen LogP contribution is 2.64. The van der Waals surface area contributed by atoms with Crippen molar-refractivity contribution in [2.24, 2.45) is 21.7 Å². The summed E-state index contributed by atoms with van der Waals surface area (Å²) in [6.07, 6.45) is 9.61. The van der Waals surface area contributed by atoms with E-state index < -0.39 is 6.67 Å². The average molecular weight is 543 g/mol. The van der Waals surface area contributed by atoms with E-state index in [-0.39, 0.29) is 28.7 Å². The van der Waals surface area contributed by atoms with Crippen molar-refractivity contribution in [1.29, 1.82) is 0 Å². The lowest BCUT2D eigenvalue weighted by molar-refractivity contribution is -0.115. The summed E-state index contributed by atoms with van der Waals surface area (Å²) in [5, 5.41) is 4.22. The number of amidine groups is 1. The molecule has 2 N–H and O–H groups in total. The topological polar surface area (TPSA) is 90.0 Å². The van der Waals surface area contributed by atoms with Gasteiger partial charge in [0.15, 0.2) is 5.84 Å². The Balaban J connectivity index is 1.20. The van der Waals surface area contributed by atoms with Gasteiger partial charge in [0.05, 0.1) is 18.7 Å². The first-order valence-corrected chi connectivity index (χ1v) is 14.1. The molecule has 5 aliphatic carbocycles. The van der Waals surface area contributed by atoms with Crippen LogP contribution in [0.4, 0.5) is 10.1 Å². The zero-order valence-electron chi connectivity index (χ0n) is 22.9. The van der Waals surface area contributed by atoms with Crippen molar-refractivity contribution in [3.05, 3.63) is 77.7 Å². The standard InChI is InChI=1S/C32H35FN4O3/c1-3-39-28-8-7-23(19-35-28)22-5-4-6-25(15-22)37(30(38)21(2)10-14-33)20-31-11-9-26(24(16-31)17-31)29(34)36-40-27-18-32(27)12-13-32/h4-8,15,18-19H,2-3,9-14,16-17,20H2,1H3,(H2,34,36). The van der Waals surface area contributed by atoms with E-state index in [1.807, 2.05) is 43.3 Å². The Kier molecular flexibility index (Phi) is 6.72. The second-order valence-electron chi connectivity index (χ2n) is 11.5. The molecule has 0 saturated heterocycles. The summed E-state index contributed by atoms with van der Waals surface area (Å²) in [5.41, 5.74) is 11.7. The Morgan fingerprint density at radius 1 is 1.20 bits per heavy atom. The van der Waals surface area contributed by atoms with E-state index in [1.54, 1.807) is 11.1 Å². The van der Waals surface area contributed by atoms with Gasteiger partial charge in [0, 0.05) is 42.1 Å². The van der Waals surface area contributed by atoms with Crippen molar-refractivity contribution in [2.75, 3.05) is 24.7 Å². The molecule has 7 nitrogen and oxygen atoms in total. The van der Waals surface area contributed by atoms with Gasteiger partial charge < -0.3 is 20.2 Å². The van der Waals surface area contributed by atoms with Crippen molar-refractivity contribution in [3.63, 3.8) is 0 Å². The second kappa shape index (κ2) is 10.2. The van der Waals surface area contributed by atoms with Crippen LogP contribution in [0.5, 0.6) is 5.88 Å². The largest absolute Gasteiger partial charge is 0.478 e. The molecule has 0 unspecified atom stereocenters. The van der Waals surface area contributed by atoms with Gasteiger partial charge in [-0.3, -0.25) is 9.18 Å². The highest BCUT2D eigenvalue weighted by molar-refractivity contribution is 6.05. The van der Waals surface area contributed by atoms with Gasteiger partial charge in [-0.05, 0) is 86.3 Å². The summed E-state index contributed by atoms with van der Waals surface area (Å²) in [6.45, 7) is 6.28. The number of carbonyl (C=O) groups is 1. The smallest absolute Gasteiger partial charge is 0.253 e. The van der Waals surface area contributed by atoms with Gasteiger partial charge in [-0.1, -0.05) is 29.4 Å². The van der Waals surface area contributed by atoms with Crippen LogP contribution in [0.15, 0.2) is 82.9 Å². The molecular formula is C32H35FN4O3. The fourth-order valence-corrected chi connectivity index (χ4v) is 5.99. The van der Waals surface area contributed by atoms with E-state index in [4.69, 9.17) is 15.3 Å². The Labute approximate surface area is 234 Å². The van der Waals surface area contributed by atoms with Gasteiger partial charge in [-0.2, -0.15) is 0 Å². The Morgan fingerprint density at radius 2 is 2.02 bits per heavy atom. The Morgan fingerprint density at radius 3 is 2.65 bits per heavy atom. The molecule has 1 amide bonds. The molecule has 1 heterocycles. The number of allylic oxidation sites excluding steroid dienone is 3. The van der Waals surface area contributed by atoms with Crippen LogP contribution in [0.3, 0.4) is 0 Å². The number of rotatable bonds is 12. The zero-order valence-corrected chi connectivity index (χ0v) is 22.9. The minimum absolute atomic E-state index is 0.0187. The number of carbonyl (C=O) groups excluding carboxylic acids is 1. The number of anilines is 1. The number of nitrogens with zero attached hydrogens (tertiary/aromatic N) is 3. The molecule has 8 heteroatoms. The molecule has 1 aromatic carbocycles. The van der Waals surface area contributed by atoms with E-state index >= 15 is 0 Å². The molecule has 1 spiro atoms. The molecule has 0 radical (unpaired) electrons. The van der Waals surface area contributed by atoms with Crippen LogP contribution in [-0.4, -0.2) is 36.6 Å². The molecule has 2 aromatic rings. The summed E-state index contributed by atoms with van der Waals surface area (Å²) >= 11 is 0. The molecular weight excluding hydrogens is 507 g/mol. The lowest BCUT2D eigenvalue weighted by Gasteiger charge is -2.51. The number of amides is 1. The van der Waals surface area contributed by atoms with Crippen LogP contribution in [0.2, 0.25) is 0 Å². The number of ether oxygens (including phenoxy) is 1. The van der Waals surface area contributed by atoms with E-state index in [9.17, 15) is 9.18 Å². The Bertz CT molecular complexity index is 1430. The molecule has 1 aromatic heterocycles. The minimum atomic E-state index is -0.615. The molecule has 208 valence electrons. The lowest BCUT2D eigenvalue weighted by Crippen LogP contribution is -2.49. The fraction of sp³-hybridized carbons (Fsp3) is 0.406. The number of aromatic nitrogens is 1. The van der Waals surface area contributed by atoms with Crippen LogP contribution >= 0.6 is 0 Å².